The Kier molecular flexibility index (Phi) is 2.60. The molecule has 0 saturated heterocycles. The third-order valence-corrected chi connectivity index (χ3v) is 3.22. The van der Waals surface area contributed by atoms with E-state index in [1.807, 2.05) is 27.7 Å². The van der Waals surface area contributed by atoms with Gasteiger partial charge in [-0.15, -0.1) is 0 Å². The molecule has 0 heterocycles. The molecule has 0 aliphatic carbocycles. The third kappa shape index (κ3) is 2.04. The van der Waals surface area contributed by atoms with Crippen LogP contribution in [0.25, 0.3) is 0 Å². The summed E-state index contributed by atoms with van der Waals surface area (Å²) in [5.74, 6) is 0. The van der Waals surface area contributed by atoms with E-state index in [4.69, 9.17) is 15.7 Å². The van der Waals surface area contributed by atoms with Crippen molar-refractivity contribution in [3.8, 4) is 0 Å². The summed E-state index contributed by atoms with van der Waals surface area (Å²) >= 11 is 0. The summed E-state index contributed by atoms with van der Waals surface area (Å²) in [6.07, 6.45) is 0. The summed E-state index contributed by atoms with van der Waals surface area (Å²) in [4.78, 5) is 0. The number of hydrogen-bond acceptors (Lipinski definition) is 0. The van der Waals surface area contributed by atoms with E-state index in [2.05, 4.69) is 13.8 Å². The Balaban J connectivity index is 4.75. The lowest BCUT2D eigenvalue weighted by Crippen LogP contribution is -2.36. The lowest BCUT2D eigenvalue weighted by Gasteiger charge is -2.50. The first kappa shape index (κ1) is 11.1. The van der Waals surface area contributed by atoms with Crippen molar-refractivity contribution < 1.29 is 0 Å². The maximum atomic E-state index is 6.02. The van der Waals surface area contributed by atoms with Crippen LogP contribution in [0.5, 0.6) is 0 Å². The van der Waals surface area contributed by atoms with Crippen LogP contribution in [0.1, 0.15) is 41.5 Å². The predicted octanol–water partition coefficient (Wildman–Crippen LogP) is 2.75. The zero-order chi connectivity index (χ0) is 9.50. The summed E-state index contributed by atoms with van der Waals surface area (Å²) in [7, 11) is 12.0. The van der Waals surface area contributed by atoms with Crippen molar-refractivity contribution in [2.24, 2.45) is 5.41 Å². The fourth-order valence-corrected chi connectivity index (χ4v) is 0.830. The summed E-state index contributed by atoms with van der Waals surface area (Å²) in [5.41, 5.74) is -0.0694. The molecule has 0 spiro atoms. The minimum absolute atomic E-state index is 0.0694. The van der Waals surface area contributed by atoms with E-state index < -0.39 is 0 Å². The van der Waals surface area contributed by atoms with Gasteiger partial charge in [0.2, 0.25) is 0 Å². The Morgan fingerprint density at radius 1 is 0.636 bits per heavy atom. The van der Waals surface area contributed by atoms with Crippen LogP contribution in [0.2, 0.25) is 10.6 Å². The highest BCUT2D eigenvalue weighted by Gasteiger charge is 2.41. The van der Waals surface area contributed by atoms with Gasteiger partial charge in [-0.25, -0.2) is 0 Å². The van der Waals surface area contributed by atoms with Crippen molar-refractivity contribution in [2.45, 2.75) is 52.2 Å². The molecular formula is C9H18B2. The third-order valence-electron chi connectivity index (χ3n) is 3.22. The van der Waals surface area contributed by atoms with Crippen LogP contribution in [0, 0.1) is 5.41 Å². The minimum atomic E-state index is -0.245. The molecule has 0 aromatic carbocycles. The van der Waals surface area contributed by atoms with Gasteiger partial charge in [0.05, 0.1) is 15.7 Å². The topological polar surface area (TPSA) is 0 Å². The number of hydrogen-bond donors (Lipinski definition) is 0. The Morgan fingerprint density at radius 2 is 0.818 bits per heavy atom. The molecule has 0 bridgehead atoms. The first-order valence-electron chi connectivity index (χ1n) is 4.08. The standard InChI is InChI=1S/C9H18B2/c1-7(2,8(3,4)10)9(5,6)11/h1-6H3. The molecule has 60 valence electrons. The smallest absolute Gasteiger partial charge is 0.0674 e. The Hall–Kier alpha value is 0.130. The summed E-state index contributed by atoms with van der Waals surface area (Å²) in [5, 5.41) is -0.490. The quantitative estimate of drug-likeness (QED) is 0.528. The average molecular weight is 148 g/mol. The van der Waals surface area contributed by atoms with Crippen molar-refractivity contribution in [2.75, 3.05) is 0 Å². The second kappa shape index (κ2) is 2.57. The molecule has 0 unspecified atom stereocenters. The van der Waals surface area contributed by atoms with E-state index >= 15 is 0 Å². The second-order valence-corrected chi connectivity index (χ2v) is 5.07. The van der Waals surface area contributed by atoms with Crippen LogP contribution >= 0.6 is 0 Å². The van der Waals surface area contributed by atoms with Crippen LogP contribution in [0.15, 0.2) is 0 Å². The lowest BCUT2D eigenvalue weighted by molar-refractivity contribution is 0.194. The van der Waals surface area contributed by atoms with E-state index in [0.29, 0.717) is 0 Å². The van der Waals surface area contributed by atoms with Crippen molar-refractivity contribution in [3.05, 3.63) is 0 Å². The first-order valence-corrected chi connectivity index (χ1v) is 4.08. The zero-order valence-corrected chi connectivity index (χ0v) is 8.65. The van der Waals surface area contributed by atoms with E-state index in [9.17, 15) is 0 Å². The fraction of sp³-hybridized carbons (Fsp3) is 1.00. The van der Waals surface area contributed by atoms with Gasteiger partial charge in [0.1, 0.15) is 0 Å². The molecule has 0 N–H and O–H groups in total. The van der Waals surface area contributed by atoms with Gasteiger partial charge < -0.3 is 0 Å². The Labute approximate surface area is 74.0 Å². The van der Waals surface area contributed by atoms with Crippen molar-refractivity contribution in [3.63, 3.8) is 0 Å². The molecule has 0 amide bonds. The zero-order valence-electron chi connectivity index (χ0n) is 8.65. The largest absolute Gasteiger partial charge is 0.0745 e. The molecule has 11 heavy (non-hydrogen) atoms. The molecule has 0 aliphatic rings. The van der Waals surface area contributed by atoms with Crippen LogP contribution in [0.3, 0.4) is 0 Å². The molecule has 0 aromatic heterocycles. The maximum Gasteiger partial charge on any atom is 0.0745 e. The lowest BCUT2D eigenvalue weighted by atomic mass is 9.42. The van der Waals surface area contributed by atoms with Crippen molar-refractivity contribution >= 4 is 15.7 Å². The van der Waals surface area contributed by atoms with E-state index in [0.717, 1.165) is 0 Å². The highest BCUT2D eigenvalue weighted by atomic mass is 14.4. The monoisotopic (exact) mass is 148 g/mol. The van der Waals surface area contributed by atoms with Crippen molar-refractivity contribution in [1.29, 1.82) is 0 Å². The van der Waals surface area contributed by atoms with E-state index in [-0.39, 0.29) is 16.0 Å². The van der Waals surface area contributed by atoms with Gasteiger partial charge in [-0.2, -0.15) is 0 Å². The molecule has 0 nitrogen and oxygen atoms in total. The molecule has 0 saturated carbocycles. The molecule has 0 fully saturated rings. The van der Waals surface area contributed by atoms with Crippen LogP contribution in [-0.2, 0) is 0 Å². The van der Waals surface area contributed by atoms with E-state index in [1.165, 1.54) is 0 Å². The first-order chi connectivity index (χ1) is 4.50. The van der Waals surface area contributed by atoms with Crippen LogP contribution in [-0.4, -0.2) is 15.7 Å². The van der Waals surface area contributed by atoms with Crippen LogP contribution < -0.4 is 0 Å². The van der Waals surface area contributed by atoms with Gasteiger partial charge in [-0.1, -0.05) is 52.2 Å². The van der Waals surface area contributed by atoms with Gasteiger partial charge in [-0.3, -0.25) is 0 Å². The van der Waals surface area contributed by atoms with Gasteiger partial charge in [0.15, 0.2) is 0 Å². The van der Waals surface area contributed by atoms with Gasteiger partial charge in [-0.05, 0) is 5.41 Å². The average Bonchev–Trinajstić information content (AvgIpc) is 1.58. The Bertz CT molecular complexity index is 119. The maximum absolute atomic E-state index is 6.02. The van der Waals surface area contributed by atoms with Crippen LogP contribution in [0.4, 0.5) is 0 Å². The summed E-state index contributed by atoms with van der Waals surface area (Å²) in [6, 6.07) is 0. The second-order valence-electron chi connectivity index (χ2n) is 5.07. The van der Waals surface area contributed by atoms with Gasteiger partial charge in [0.25, 0.3) is 0 Å². The SMILES string of the molecule is [B]C(C)(C)C(C)(C)C([B])(C)C. The van der Waals surface area contributed by atoms with Gasteiger partial charge >= 0.3 is 0 Å². The molecule has 0 aromatic rings. The Morgan fingerprint density at radius 3 is 0.818 bits per heavy atom. The molecule has 0 aliphatic heterocycles. The molecule has 0 rings (SSSR count). The number of rotatable bonds is 2. The highest BCUT2D eigenvalue weighted by molar-refractivity contribution is 6.19. The fourth-order valence-electron chi connectivity index (χ4n) is 0.830. The summed E-state index contributed by atoms with van der Waals surface area (Å²) < 4.78 is 0. The molecule has 0 atom stereocenters. The highest BCUT2D eigenvalue weighted by Crippen LogP contribution is 2.56. The van der Waals surface area contributed by atoms with Gasteiger partial charge in [0, 0.05) is 0 Å². The van der Waals surface area contributed by atoms with E-state index in [1.54, 1.807) is 0 Å². The summed E-state index contributed by atoms with van der Waals surface area (Å²) in [6.45, 7) is 12.3. The minimum Gasteiger partial charge on any atom is -0.0674 e. The normalized spacial score (nSPS) is 15.1. The molecule has 2 heteroatoms. The molecular weight excluding hydrogens is 130 g/mol. The predicted molar refractivity (Wildman–Crippen MR) is 53.4 cm³/mol. The van der Waals surface area contributed by atoms with Crippen molar-refractivity contribution in [1.82, 2.24) is 0 Å². The molecule has 4 radical (unpaired) electrons.